The van der Waals surface area contributed by atoms with Gasteiger partial charge in [-0.3, -0.25) is 9.58 Å². The Morgan fingerprint density at radius 2 is 2.10 bits per heavy atom. The van der Waals surface area contributed by atoms with Gasteiger partial charge in [0.2, 0.25) is 0 Å². The molecule has 0 amide bonds. The van der Waals surface area contributed by atoms with E-state index in [1.54, 1.807) is 0 Å². The number of hydrogen-bond acceptors (Lipinski definition) is 4. The lowest BCUT2D eigenvalue weighted by Crippen LogP contribution is -2.36. The van der Waals surface area contributed by atoms with Crippen LogP contribution in [0.25, 0.3) is 0 Å². The van der Waals surface area contributed by atoms with E-state index in [0.717, 1.165) is 43.5 Å². The zero-order valence-corrected chi connectivity index (χ0v) is 12.8. The SMILES string of the molecule is CCC1CCC(C)N1CCn1cc(CNC2CC2)nn1. The second kappa shape index (κ2) is 6.22. The van der Waals surface area contributed by atoms with E-state index in [9.17, 15) is 0 Å². The minimum Gasteiger partial charge on any atom is -0.308 e. The maximum Gasteiger partial charge on any atom is 0.0964 e. The molecule has 112 valence electrons. The number of hydrogen-bond donors (Lipinski definition) is 1. The third-order valence-corrected chi connectivity index (χ3v) is 4.75. The topological polar surface area (TPSA) is 46.0 Å². The van der Waals surface area contributed by atoms with Gasteiger partial charge in [-0.2, -0.15) is 0 Å². The van der Waals surface area contributed by atoms with Crippen LogP contribution in [-0.4, -0.2) is 44.6 Å². The zero-order chi connectivity index (χ0) is 13.9. The van der Waals surface area contributed by atoms with E-state index in [0.29, 0.717) is 0 Å². The van der Waals surface area contributed by atoms with Crippen LogP contribution in [0.4, 0.5) is 0 Å². The van der Waals surface area contributed by atoms with Gasteiger partial charge in [0.15, 0.2) is 0 Å². The van der Waals surface area contributed by atoms with Crippen LogP contribution in [0, 0.1) is 0 Å². The first-order valence-corrected chi connectivity index (χ1v) is 8.14. The largest absolute Gasteiger partial charge is 0.308 e. The molecule has 20 heavy (non-hydrogen) atoms. The molecule has 2 unspecified atom stereocenters. The van der Waals surface area contributed by atoms with Crippen LogP contribution in [0.5, 0.6) is 0 Å². The van der Waals surface area contributed by atoms with Crippen molar-refractivity contribution in [3.05, 3.63) is 11.9 Å². The standard InChI is InChI=1S/C15H27N5/c1-3-15-7-4-12(2)20(15)9-8-19-11-14(17-18-19)10-16-13-5-6-13/h11-13,15-16H,3-10H2,1-2H3. The van der Waals surface area contributed by atoms with E-state index in [2.05, 4.69) is 40.6 Å². The first kappa shape index (κ1) is 14.0. The molecule has 0 aromatic carbocycles. The molecule has 0 radical (unpaired) electrons. The van der Waals surface area contributed by atoms with Gasteiger partial charge in [0.1, 0.15) is 0 Å². The molecular weight excluding hydrogens is 250 g/mol. The molecule has 1 aliphatic heterocycles. The van der Waals surface area contributed by atoms with Crippen molar-refractivity contribution in [2.75, 3.05) is 6.54 Å². The van der Waals surface area contributed by atoms with E-state index in [-0.39, 0.29) is 0 Å². The normalized spacial score (nSPS) is 27.3. The third-order valence-electron chi connectivity index (χ3n) is 4.75. The molecule has 5 nitrogen and oxygen atoms in total. The smallest absolute Gasteiger partial charge is 0.0964 e. The van der Waals surface area contributed by atoms with Crippen LogP contribution in [0.3, 0.4) is 0 Å². The van der Waals surface area contributed by atoms with Crippen molar-refractivity contribution in [2.45, 2.75) is 77.2 Å². The molecule has 3 rings (SSSR count). The van der Waals surface area contributed by atoms with Crippen LogP contribution in [0.2, 0.25) is 0 Å². The summed E-state index contributed by atoms with van der Waals surface area (Å²) in [6.07, 6.45) is 8.69. The highest BCUT2D eigenvalue weighted by Crippen LogP contribution is 2.25. The highest BCUT2D eigenvalue weighted by molar-refractivity contribution is 4.94. The molecule has 5 heteroatoms. The fourth-order valence-electron chi connectivity index (χ4n) is 3.25. The van der Waals surface area contributed by atoms with Gasteiger partial charge >= 0.3 is 0 Å². The summed E-state index contributed by atoms with van der Waals surface area (Å²) in [5.74, 6) is 0. The summed E-state index contributed by atoms with van der Waals surface area (Å²) < 4.78 is 2.00. The summed E-state index contributed by atoms with van der Waals surface area (Å²) in [6.45, 7) is 7.56. The molecule has 2 aliphatic rings. The summed E-state index contributed by atoms with van der Waals surface area (Å²) in [6, 6.07) is 2.22. The van der Waals surface area contributed by atoms with E-state index in [1.165, 1.54) is 32.1 Å². The number of rotatable bonds is 7. The van der Waals surface area contributed by atoms with Crippen molar-refractivity contribution in [3.63, 3.8) is 0 Å². The van der Waals surface area contributed by atoms with Crippen LogP contribution < -0.4 is 5.32 Å². The number of likely N-dealkylation sites (tertiary alicyclic amines) is 1. The maximum atomic E-state index is 4.25. The van der Waals surface area contributed by atoms with Gasteiger partial charge < -0.3 is 5.32 Å². The summed E-state index contributed by atoms with van der Waals surface area (Å²) >= 11 is 0. The van der Waals surface area contributed by atoms with Crippen molar-refractivity contribution < 1.29 is 0 Å². The van der Waals surface area contributed by atoms with E-state index < -0.39 is 0 Å². The van der Waals surface area contributed by atoms with Crippen LogP contribution in [0.15, 0.2) is 6.20 Å². The first-order chi connectivity index (χ1) is 9.76. The molecule has 2 fully saturated rings. The van der Waals surface area contributed by atoms with Crippen molar-refractivity contribution in [1.29, 1.82) is 0 Å². The van der Waals surface area contributed by atoms with Crippen molar-refractivity contribution in [1.82, 2.24) is 25.2 Å². The Hall–Kier alpha value is -0.940. The van der Waals surface area contributed by atoms with Crippen molar-refractivity contribution in [3.8, 4) is 0 Å². The predicted octanol–water partition coefficient (Wildman–Crippen LogP) is 1.79. The minimum absolute atomic E-state index is 0.722. The van der Waals surface area contributed by atoms with Gasteiger partial charge in [-0.1, -0.05) is 12.1 Å². The second-order valence-electron chi connectivity index (χ2n) is 6.35. The molecule has 1 saturated heterocycles. The quantitative estimate of drug-likeness (QED) is 0.825. The maximum absolute atomic E-state index is 4.25. The monoisotopic (exact) mass is 277 g/mol. The van der Waals surface area contributed by atoms with Gasteiger partial charge in [-0.05, 0) is 39.0 Å². The molecule has 2 atom stereocenters. The summed E-state index contributed by atoms with van der Waals surface area (Å²) in [5.41, 5.74) is 1.07. The fraction of sp³-hybridized carbons (Fsp3) is 0.867. The number of nitrogens with one attached hydrogen (secondary N) is 1. The molecule has 1 aliphatic carbocycles. The summed E-state index contributed by atoms with van der Waals surface area (Å²) in [4.78, 5) is 2.64. The molecule has 1 aromatic heterocycles. The molecule has 1 saturated carbocycles. The highest BCUT2D eigenvalue weighted by atomic mass is 15.4. The van der Waals surface area contributed by atoms with Crippen LogP contribution >= 0.6 is 0 Å². The molecule has 2 heterocycles. The third kappa shape index (κ3) is 3.38. The molecule has 0 spiro atoms. The first-order valence-electron chi connectivity index (χ1n) is 8.14. The molecular formula is C15H27N5. The molecule has 0 bridgehead atoms. The van der Waals surface area contributed by atoms with E-state index in [1.807, 2.05) is 4.68 Å². The lowest BCUT2D eigenvalue weighted by molar-refractivity contribution is 0.188. The Bertz CT molecular complexity index is 426. The van der Waals surface area contributed by atoms with Crippen LogP contribution in [0.1, 0.15) is 51.6 Å². The lowest BCUT2D eigenvalue weighted by Gasteiger charge is -2.27. The minimum atomic E-state index is 0.722. The Morgan fingerprint density at radius 3 is 2.85 bits per heavy atom. The predicted molar refractivity (Wildman–Crippen MR) is 79.4 cm³/mol. The van der Waals surface area contributed by atoms with Crippen LogP contribution in [-0.2, 0) is 13.1 Å². The highest BCUT2D eigenvalue weighted by Gasteiger charge is 2.28. The average Bonchev–Trinajstić information content (AvgIpc) is 3.06. The lowest BCUT2D eigenvalue weighted by atomic mass is 10.1. The van der Waals surface area contributed by atoms with Gasteiger partial charge in [-0.15, -0.1) is 5.10 Å². The Kier molecular flexibility index (Phi) is 4.36. The number of aromatic nitrogens is 3. The zero-order valence-electron chi connectivity index (χ0n) is 12.8. The number of nitrogens with zero attached hydrogens (tertiary/aromatic N) is 4. The second-order valence-corrected chi connectivity index (χ2v) is 6.35. The fourth-order valence-corrected chi connectivity index (χ4v) is 3.25. The Morgan fingerprint density at radius 1 is 1.25 bits per heavy atom. The van der Waals surface area contributed by atoms with Gasteiger partial charge in [0.25, 0.3) is 0 Å². The van der Waals surface area contributed by atoms with Gasteiger partial charge in [-0.25, -0.2) is 0 Å². The Balaban J connectivity index is 1.47. The summed E-state index contributed by atoms with van der Waals surface area (Å²) in [5, 5.41) is 12.0. The molecule has 1 N–H and O–H groups in total. The average molecular weight is 277 g/mol. The van der Waals surface area contributed by atoms with Crippen molar-refractivity contribution in [2.24, 2.45) is 0 Å². The van der Waals surface area contributed by atoms with E-state index in [4.69, 9.17) is 0 Å². The van der Waals surface area contributed by atoms with E-state index >= 15 is 0 Å². The Labute approximate surface area is 121 Å². The summed E-state index contributed by atoms with van der Waals surface area (Å²) in [7, 11) is 0. The molecule has 1 aromatic rings. The van der Waals surface area contributed by atoms with Gasteiger partial charge in [0.05, 0.1) is 12.2 Å². The van der Waals surface area contributed by atoms with Crippen molar-refractivity contribution >= 4 is 0 Å². The van der Waals surface area contributed by atoms with Gasteiger partial charge in [0, 0.05) is 37.4 Å².